The van der Waals surface area contributed by atoms with Crippen molar-refractivity contribution in [3.05, 3.63) is 40.7 Å². The molecule has 148 valence electrons. The van der Waals surface area contributed by atoms with Crippen molar-refractivity contribution < 1.29 is 14.1 Å². The summed E-state index contributed by atoms with van der Waals surface area (Å²) in [5.41, 5.74) is 4.89. The van der Waals surface area contributed by atoms with Gasteiger partial charge in [0.25, 0.3) is 5.91 Å². The van der Waals surface area contributed by atoms with Gasteiger partial charge in [0.15, 0.2) is 0 Å². The van der Waals surface area contributed by atoms with E-state index in [1.165, 1.54) is 0 Å². The molecule has 3 heterocycles. The Hall–Kier alpha value is -2.12. The Morgan fingerprint density at radius 1 is 0.964 bits per heavy atom. The molecule has 0 atom stereocenters. The highest BCUT2D eigenvalue weighted by atomic mass is 16.7. The highest BCUT2D eigenvalue weighted by molar-refractivity contribution is 6.62. The highest BCUT2D eigenvalue weighted by Gasteiger charge is 2.52. The van der Waals surface area contributed by atoms with E-state index in [0.29, 0.717) is 18.8 Å². The number of carbonyl (C=O) groups is 1. The van der Waals surface area contributed by atoms with E-state index in [1.54, 1.807) is 10.9 Å². The topological polar surface area (TPSA) is 56.6 Å². The summed E-state index contributed by atoms with van der Waals surface area (Å²) in [5.74, 6) is 0.00660. The zero-order chi connectivity index (χ0) is 20.4. The highest BCUT2D eigenvalue weighted by Crippen LogP contribution is 2.37. The van der Waals surface area contributed by atoms with Crippen LogP contribution in [-0.2, 0) is 15.9 Å². The Morgan fingerprint density at radius 3 is 2.25 bits per heavy atom. The number of benzene rings is 1. The molecule has 0 bridgehead atoms. The fourth-order valence-corrected chi connectivity index (χ4v) is 3.92. The molecule has 0 radical (unpaired) electrons. The predicted molar refractivity (Wildman–Crippen MR) is 110 cm³/mol. The summed E-state index contributed by atoms with van der Waals surface area (Å²) in [6, 6.07) is 4.17. The summed E-state index contributed by atoms with van der Waals surface area (Å²) in [6.07, 6.45) is 1.76. The van der Waals surface area contributed by atoms with Crippen LogP contribution in [0.5, 0.6) is 0 Å². The van der Waals surface area contributed by atoms with E-state index in [-0.39, 0.29) is 17.1 Å². The fraction of sp³-hybridized carbons (Fsp3) is 0.524. The van der Waals surface area contributed by atoms with Crippen molar-refractivity contribution in [1.29, 1.82) is 0 Å². The quantitative estimate of drug-likeness (QED) is 0.751. The van der Waals surface area contributed by atoms with E-state index in [1.807, 2.05) is 25.7 Å². The molecule has 0 aliphatic carbocycles. The van der Waals surface area contributed by atoms with Crippen molar-refractivity contribution >= 4 is 24.2 Å². The Balaban J connectivity index is 1.68. The molecule has 4 rings (SSSR count). The van der Waals surface area contributed by atoms with Gasteiger partial charge in [0.2, 0.25) is 0 Å². The van der Waals surface area contributed by atoms with Crippen molar-refractivity contribution in [3.63, 3.8) is 0 Å². The van der Waals surface area contributed by atoms with Gasteiger partial charge in [-0.15, -0.1) is 0 Å². The largest absolute Gasteiger partial charge is 0.495 e. The van der Waals surface area contributed by atoms with Gasteiger partial charge in [-0.1, -0.05) is 6.07 Å². The molecule has 1 aromatic carbocycles. The van der Waals surface area contributed by atoms with Gasteiger partial charge in [0.05, 0.1) is 23.9 Å². The lowest BCUT2D eigenvalue weighted by Crippen LogP contribution is -2.42. The van der Waals surface area contributed by atoms with Crippen LogP contribution in [0.4, 0.5) is 5.69 Å². The number of nitrogens with zero attached hydrogens (tertiary/aromatic N) is 3. The minimum atomic E-state index is -0.404. The van der Waals surface area contributed by atoms with Gasteiger partial charge in [-0.05, 0) is 71.1 Å². The molecule has 2 aliphatic rings. The maximum Gasteiger partial charge on any atom is 0.495 e. The smallest absolute Gasteiger partial charge is 0.399 e. The number of rotatable bonds is 2. The first-order valence-corrected chi connectivity index (χ1v) is 9.83. The molecule has 2 aliphatic heterocycles. The molecule has 1 fully saturated rings. The zero-order valence-corrected chi connectivity index (χ0v) is 17.8. The second-order valence-corrected chi connectivity index (χ2v) is 8.94. The number of hydrogen-bond acceptors (Lipinski definition) is 4. The van der Waals surface area contributed by atoms with Crippen LogP contribution >= 0.6 is 0 Å². The first kappa shape index (κ1) is 19.2. The fourth-order valence-electron chi connectivity index (χ4n) is 3.92. The molecule has 0 saturated carbocycles. The van der Waals surface area contributed by atoms with E-state index in [4.69, 9.17) is 9.31 Å². The summed E-state index contributed by atoms with van der Waals surface area (Å²) in [5, 5.41) is 4.30. The molecular weight excluding hydrogens is 353 g/mol. The normalized spacial score (nSPS) is 20.6. The van der Waals surface area contributed by atoms with Gasteiger partial charge in [0, 0.05) is 17.8 Å². The van der Waals surface area contributed by atoms with E-state index in [9.17, 15) is 4.79 Å². The molecule has 0 N–H and O–H groups in total. The third-order valence-electron chi connectivity index (χ3n) is 6.39. The summed E-state index contributed by atoms with van der Waals surface area (Å²) >= 11 is 0. The van der Waals surface area contributed by atoms with Gasteiger partial charge in [-0.25, -0.2) is 0 Å². The third-order valence-corrected chi connectivity index (χ3v) is 6.39. The van der Waals surface area contributed by atoms with Crippen molar-refractivity contribution in [1.82, 2.24) is 9.78 Å². The standard InChI is InChI=1S/C21H28BN3O3/c1-13-11-17(24-8-9-25-18(19(24)26)15(3)12-23-25)14(2)10-16(13)22-27-20(4,5)21(6,7)28-22/h10-12H,8-9H2,1-7H3. The molecule has 2 aromatic rings. The summed E-state index contributed by atoms with van der Waals surface area (Å²) in [6.45, 7) is 15.6. The van der Waals surface area contributed by atoms with Gasteiger partial charge in [0.1, 0.15) is 5.69 Å². The van der Waals surface area contributed by atoms with Crippen molar-refractivity contribution in [2.45, 2.75) is 66.2 Å². The maximum absolute atomic E-state index is 13.1. The number of hydrogen-bond donors (Lipinski definition) is 0. The number of carbonyl (C=O) groups excluding carboxylic acids is 1. The number of aromatic nitrogens is 2. The first-order valence-electron chi connectivity index (χ1n) is 9.83. The van der Waals surface area contributed by atoms with Crippen molar-refractivity contribution in [3.8, 4) is 0 Å². The third kappa shape index (κ3) is 2.80. The summed E-state index contributed by atoms with van der Waals surface area (Å²) in [4.78, 5) is 15.0. The van der Waals surface area contributed by atoms with Crippen LogP contribution in [0.15, 0.2) is 18.3 Å². The lowest BCUT2D eigenvalue weighted by Gasteiger charge is -2.32. The molecule has 6 nitrogen and oxygen atoms in total. The van der Waals surface area contributed by atoms with E-state index in [2.05, 4.69) is 44.9 Å². The number of aryl methyl sites for hydroxylation is 3. The van der Waals surface area contributed by atoms with Gasteiger partial charge in [-0.3, -0.25) is 9.48 Å². The summed E-state index contributed by atoms with van der Waals surface area (Å²) in [7, 11) is -0.404. The molecule has 0 unspecified atom stereocenters. The lowest BCUT2D eigenvalue weighted by atomic mass is 9.75. The Bertz CT molecular complexity index is 948. The molecule has 1 amide bonds. The van der Waals surface area contributed by atoms with Crippen LogP contribution in [0.3, 0.4) is 0 Å². The van der Waals surface area contributed by atoms with Crippen LogP contribution < -0.4 is 10.4 Å². The monoisotopic (exact) mass is 381 g/mol. The zero-order valence-electron chi connectivity index (χ0n) is 17.8. The molecule has 1 aromatic heterocycles. The van der Waals surface area contributed by atoms with Crippen LogP contribution in [0, 0.1) is 20.8 Å². The predicted octanol–water partition coefficient (Wildman–Crippen LogP) is 2.77. The SMILES string of the molecule is Cc1cc(N2CCn3ncc(C)c3C2=O)c(C)cc1B1OC(C)(C)C(C)(C)O1. The van der Waals surface area contributed by atoms with Gasteiger partial charge >= 0.3 is 7.12 Å². The number of anilines is 1. The Labute approximate surface area is 167 Å². The lowest BCUT2D eigenvalue weighted by molar-refractivity contribution is 0.00578. The Morgan fingerprint density at radius 2 is 1.61 bits per heavy atom. The van der Waals surface area contributed by atoms with Gasteiger partial charge in [-0.2, -0.15) is 5.10 Å². The average Bonchev–Trinajstić information content (AvgIpc) is 3.07. The van der Waals surface area contributed by atoms with Crippen LogP contribution in [-0.4, -0.2) is 40.6 Å². The van der Waals surface area contributed by atoms with E-state index < -0.39 is 7.12 Å². The molecule has 0 spiro atoms. The van der Waals surface area contributed by atoms with E-state index >= 15 is 0 Å². The molecule has 1 saturated heterocycles. The van der Waals surface area contributed by atoms with E-state index in [0.717, 1.165) is 27.8 Å². The van der Waals surface area contributed by atoms with Crippen LogP contribution in [0.2, 0.25) is 0 Å². The number of fused-ring (bicyclic) bond motifs is 1. The second-order valence-electron chi connectivity index (χ2n) is 8.94. The Kier molecular flexibility index (Phi) is 4.25. The molecule has 28 heavy (non-hydrogen) atoms. The second kappa shape index (κ2) is 6.19. The molecular formula is C21H28BN3O3. The van der Waals surface area contributed by atoms with Crippen LogP contribution in [0.1, 0.15) is 54.9 Å². The minimum absolute atomic E-state index is 0.00660. The maximum atomic E-state index is 13.1. The first-order chi connectivity index (χ1) is 13.0. The number of amides is 1. The minimum Gasteiger partial charge on any atom is -0.399 e. The van der Waals surface area contributed by atoms with Crippen LogP contribution in [0.25, 0.3) is 0 Å². The summed E-state index contributed by atoms with van der Waals surface area (Å²) < 4.78 is 14.3. The van der Waals surface area contributed by atoms with Gasteiger partial charge < -0.3 is 14.2 Å². The molecule has 7 heteroatoms. The van der Waals surface area contributed by atoms with Crippen molar-refractivity contribution in [2.75, 3.05) is 11.4 Å². The van der Waals surface area contributed by atoms with Crippen molar-refractivity contribution in [2.24, 2.45) is 0 Å². The average molecular weight is 381 g/mol.